The molecule has 7 nitrogen and oxygen atoms in total. The molecule has 0 spiro atoms. The molecule has 0 N–H and O–H groups in total. The molecule has 0 aromatic rings. The molecule has 0 bridgehead atoms. The molecule has 9 heteroatoms. The van der Waals surface area contributed by atoms with Crippen LogP contribution in [0.1, 0.15) is 144 Å². The summed E-state index contributed by atoms with van der Waals surface area (Å²) in [5.41, 5.74) is 0. The van der Waals surface area contributed by atoms with Crippen LogP contribution in [0.4, 0.5) is 0 Å². The van der Waals surface area contributed by atoms with Crippen LogP contribution >= 0.6 is 0 Å². The maximum Gasteiger partial charge on any atom is 0.501 e. The number of halogens is 1. The van der Waals surface area contributed by atoms with Crippen molar-refractivity contribution in [3.8, 4) is 0 Å². The van der Waals surface area contributed by atoms with E-state index >= 15 is 0 Å². The Morgan fingerprint density at radius 3 is 1.04 bits per heavy atom. The van der Waals surface area contributed by atoms with E-state index in [1.54, 1.807) is 0 Å². The molecule has 0 aliphatic carbocycles. The van der Waals surface area contributed by atoms with Crippen LogP contribution in [-0.2, 0) is 27.5 Å². The van der Waals surface area contributed by atoms with Gasteiger partial charge in [0.15, 0.2) is 0 Å². The number of ether oxygens (including phenoxy) is 3. The second kappa shape index (κ2) is 35.5. The summed E-state index contributed by atoms with van der Waals surface area (Å²) in [6, 6.07) is 0.820. The molecule has 0 aliphatic heterocycles. The molecule has 0 aromatic heterocycles. The lowest BCUT2D eigenvalue weighted by atomic mass is 10.1. The van der Waals surface area contributed by atoms with Crippen LogP contribution in [0.3, 0.4) is 0 Å². The van der Waals surface area contributed by atoms with Gasteiger partial charge in [-0.15, -0.1) is 0 Å². The quantitative estimate of drug-likeness (QED) is 0.0441. The first-order valence-electron chi connectivity index (χ1n) is 19.0. The Hall–Kier alpha value is 0.227. The van der Waals surface area contributed by atoms with Crippen molar-refractivity contribution in [2.24, 2.45) is 0 Å². The minimum absolute atomic E-state index is 0. The molecule has 0 unspecified atom stereocenters. The lowest BCUT2D eigenvalue weighted by molar-refractivity contribution is -0.910. The second-order valence-electron chi connectivity index (χ2n) is 12.7. The van der Waals surface area contributed by atoms with Gasteiger partial charge in [-0.25, -0.2) is 0 Å². The van der Waals surface area contributed by atoms with Crippen molar-refractivity contribution in [2.45, 2.75) is 150 Å². The summed E-state index contributed by atoms with van der Waals surface area (Å²) >= 11 is 0. The molecule has 0 amide bonds. The van der Waals surface area contributed by atoms with Crippen molar-refractivity contribution in [1.82, 2.24) is 0 Å². The molecule has 0 atom stereocenters. The zero-order chi connectivity index (χ0) is 32.5. The van der Waals surface area contributed by atoms with Crippen LogP contribution in [-0.4, -0.2) is 99.4 Å². The van der Waals surface area contributed by atoms with Crippen LogP contribution in [0.2, 0.25) is 6.04 Å². The van der Waals surface area contributed by atoms with E-state index in [0.29, 0.717) is 59.5 Å². The van der Waals surface area contributed by atoms with Crippen LogP contribution in [0.5, 0.6) is 0 Å². The van der Waals surface area contributed by atoms with Crippen LogP contribution in [0, 0.1) is 0 Å². The highest BCUT2D eigenvalue weighted by Crippen LogP contribution is 2.22. The van der Waals surface area contributed by atoms with Gasteiger partial charge >= 0.3 is 8.80 Å². The molecule has 0 rings (SSSR count). The highest BCUT2D eigenvalue weighted by molar-refractivity contribution is 6.60. The number of hydrogen-bond acceptors (Lipinski definition) is 6. The van der Waals surface area contributed by atoms with E-state index in [2.05, 4.69) is 20.9 Å². The predicted molar refractivity (Wildman–Crippen MR) is 189 cm³/mol. The number of rotatable bonds is 37. The fraction of sp³-hybridized carbons (Fsp3) is 1.00. The van der Waals surface area contributed by atoms with Gasteiger partial charge in [0.25, 0.3) is 0 Å². The van der Waals surface area contributed by atoms with Gasteiger partial charge in [-0.3, -0.25) is 0 Å². The summed E-state index contributed by atoms with van der Waals surface area (Å²) in [5.74, 6) is 0. The normalized spacial score (nSPS) is 12.1. The standard InChI is InChI=1S/C36H78NO6Si.ClH/c1-7-12-14-16-18-20-22-24-27-37(6,28-25-23-21-19-17-15-13-8-2)29-26-36-44(41-33-30-38-9-3,42-34-31-39-10-4)43-35-32-40-11-5;/h7-36H2,1-6H3;1H/q+1;/p-1. The maximum absolute atomic E-state index is 6.47. The highest BCUT2D eigenvalue weighted by Gasteiger charge is 2.41. The smallest absolute Gasteiger partial charge is 0.501 e. The molecule has 45 heavy (non-hydrogen) atoms. The average Bonchev–Trinajstić information content (AvgIpc) is 3.02. The zero-order valence-electron chi connectivity index (χ0n) is 31.0. The molecule has 0 aromatic carbocycles. The zero-order valence-corrected chi connectivity index (χ0v) is 32.7. The summed E-state index contributed by atoms with van der Waals surface area (Å²) in [6.45, 7) is 19.5. The van der Waals surface area contributed by atoms with Crippen molar-refractivity contribution in [3.63, 3.8) is 0 Å². The van der Waals surface area contributed by atoms with Crippen LogP contribution in [0.15, 0.2) is 0 Å². The van der Waals surface area contributed by atoms with Gasteiger partial charge in [-0.2, -0.15) is 0 Å². The van der Waals surface area contributed by atoms with E-state index in [1.807, 2.05) is 20.8 Å². The average molecular weight is 685 g/mol. The molecule has 0 saturated carbocycles. The first-order chi connectivity index (χ1) is 21.5. The Kier molecular flexibility index (Phi) is 37.4. The summed E-state index contributed by atoms with van der Waals surface area (Å²) < 4.78 is 37.3. The molecular weight excluding hydrogens is 606 g/mol. The number of unbranched alkanes of at least 4 members (excludes halogenated alkanes) is 14. The van der Waals surface area contributed by atoms with E-state index < -0.39 is 8.80 Å². The molecule has 274 valence electrons. The third kappa shape index (κ3) is 30.1. The van der Waals surface area contributed by atoms with E-state index in [9.17, 15) is 0 Å². The monoisotopic (exact) mass is 684 g/mol. The van der Waals surface area contributed by atoms with Crippen LogP contribution in [0.25, 0.3) is 0 Å². The number of hydrogen-bond donors (Lipinski definition) is 0. The lowest BCUT2D eigenvalue weighted by Gasteiger charge is -2.36. The van der Waals surface area contributed by atoms with Gasteiger partial charge < -0.3 is 44.4 Å². The molecule has 0 radical (unpaired) electrons. The number of nitrogens with zero attached hydrogens (tertiary/aromatic N) is 1. The third-order valence-corrected chi connectivity index (χ3v) is 11.4. The highest BCUT2D eigenvalue weighted by atomic mass is 35.5. The molecule has 0 heterocycles. The van der Waals surface area contributed by atoms with Gasteiger partial charge in [0, 0.05) is 32.3 Å². The third-order valence-electron chi connectivity index (χ3n) is 8.55. The maximum atomic E-state index is 6.47. The van der Waals surface area contributed by atoms with E-state index in [1.165, 1.54) is 116 Å². The van der Waals surface area contributed by atoms with Crippen molar-refractivity contribution in [1.29, 1.82) is 0 Å². The fourth-order valence-electron chi connectivity index (χ4n) is 5.81. The fourth-order valence-corrected chi connectivity index (χ4v) is 8.27. The van der Waals surface area contributed by atoms with Crippen molar-refractivity contribution in [3.05, 3.63) is 0 Å². The summed E-state index contributed by atoms with van der Waals surface area (Å²) in [7, 11) is -0.422. The topological polar surface area (TPSA) is 55.4 Å². The van der Waals surface area contributed by atoms with Crippen molar-refractivity contribution in [2.75, 3.05) is 86.1 Å². The van der Waals surface area contributed by atoms with Gasteiger partial charge in [0.2, 0.25) is 0 Å². The molecular formula is C36H78ClNO6Si. The van der Waals surface area contributed by atoms with Crippen molar-refractivity contribution < 1.29 is 44.4 Å². The predicted octanol–water partition coefficient (Wildman–Crippen LogP) is 6.21. The van der Waals surface area contributed by atoms with Gasteiger partial charge in [-0.1, -0.05) is 90.9 Å². The van der Waals surface area contributed by atoms with Gasteiger partial charge in [-0.05, 0) is 46.5 Å². The van der Waals surface area contributed by atoms with Gasteiger partial charge in [0.05, 0.1) is 66.3 Å². The van der Waals surface area contributed by atoms with Crippen molar-refractivity contribution >= 4 is 8.80 Å². The Balaban J connectivity index is 0. The SMILES string of the molecule is CCCCCCCCCC[N+](C)(CCCCCCCCCC)CCC[Si](OCCOCC)(OCCOCC)OCCOCC.[Cl-]. The Morgan fingerprint density at radius 1 is 0.400 bits per heavy atom. The van der Waals surface area contributed by atoms with E-state index in [-0.39, 0.29) is 12.4 Å². The summed E-state index contributed by atoms with van der Waals surface area (Å²) in [4.78, 5) is 0. The molecule has 0 aliphatic rings. The van der Waals surface area contributed by atoms with Crippen LogP contribution < -0.4 is 12.4 Å². The Labute approximate surface area is 288 Å². The minimum Gasteiger partial charge on any atom is -1.00 e. The lowest BCUT2D eigenvalue weighted by Crippen LogP contribution is -3.00. The minimum atomic E-state index is -2.92. The summed E-state index contributed by atoms with van der Waals surface area (Å²) in [5, 5.41) is 0. The first-order valence-corrected chi connectivity index (χ1v) is 20.9. The Bertz CT molecular complexity index is 526. The van der Waals surface area contributed by atoms with E-state index in [4.69, 9.17) is 27.5 Å². The molecule has 0 fully saturated rings. The van der Waals surface area contributed by atoms with Gasteiger partial charge in [0.1, 0.15) is 0 Å². The van der Waals surface area contributed by atoms with E-state index in [0.717, 1.165) is 23.5 Å². The first kappa shape index (κ1) is 47.3. The largest absolute Gasteiger partial charge is 1.00 e. The number of quaternary nitrogens is 1. The molecule has 0 saturated heterocycles. The second-order valence-corrected chi connectivity index (χ2v) is 15.4. The summed E-state index contributed by atoms with van der Waals surface area (Å²) in [6.07, 6.45) is 23.0. The Morgan fingerprint density at radius 2 is 0.711 bits per heavy atom.